The van der Waals surface area contributed by atoms with Crippen LogP contribution in [0, 0.1) is 5.41 Å². The summed E-state index contributed by atoms with van der Waals surface area (Å²) < 4.78 is 39.4. The van der Waals surface area contributed by atoms with E-state index in [1.807, 2.05) is 6.92 Å². The quantitative estimate of drug-likeness (QED) is 0.557. The van der Waals surface area contributed by atoms with Crippen LogP contribution in [0.1, 0.15) is 40.5 Å². The third kappa shape index (κ3) is 4.55. The largest absolute Gasteiger partial charge is 0.344 e. The van der Waals surface area contributed by atoms with Crippen LogP contribution >= 0.6 is 0 Å². The lowest BCUT2D eigenvalue weighted by Crippen LogP contribution is -2.54. The van der Waals surface area contributed by atoms with Gasteiger partial charge in [-0.25, -0.2) is 0 Å². The van der Waals surface area contributed by atoms with Gasteiger partial charge in [0.25, 0.3) is 10.1 Å². The van der Waals surface area contributed by atoms with Gasteiger partial charge in [0.15, 0.2) is 0 Å². The van der Waals surface area contributed by atoms with Crippen LogP contribution in [0.5, 0.6) is 0 Å². The zero-order valence-corrected chi connectivity index (χ0v) is 13.8. The van der Waals surface area contributed by atoms with Gasteiger partial charge in [-0.05, 0) is 26.3 Å². The van der Waals surface area contributed by atoms with Crippen molar-refractivity contribution in [2.45, 2.75) is 52.4 Å². The van der Waals surface area contributed by atoms with Crippen molar-refractivity contribution in [2.24, 2.45) is 5.41 Å². The van der Waals surface area contributed by atoms with Gasteiger partial charge in [-0.15, -0.1) is 0 Å². The van der Waals surface area contributed by atoms with Crippen LogP contribution in [0.3, 0.4) is 0 Å². The van der Waals surface area contributed by atoms with Crippen molar-refractivity contribution in [1.82, 2.24) is 0 Å². The van der Waals surface area contributed by atoms with Crippen LogP contribution in [0.4, 0.5) is 0 Å². The SMILES string of the molecule is CC=CC1([C@H](C)OS(C)(=O)=O)OCC(C)(CCC)CO1. The first kappa shape index (κ1) is 17.6. The molecule has 118 valence electrons. The fraction of sp³-hybridized carbons (Fsp3) is 0.857. The summed E-state index contributed by atoms with van der Waals surface area (Å²) in [5.74, 6) is -1.13. The van der Waals surface area contributed by atoms with Crippen molar-refractivity contribution < 1.29 is 22.1 Å². The predicted molar refractivity (Wildman–Crippen MR) is 77.9 cm³/mol. The highest BCUT2D eigenvalue weighted by Gasteiger charge is 2.46. The van der Waals surface area contributed by atoms with E-state index in [1.165, 1.54) is 0 Å². The molecular formula is C14H26O5S. The Kier molecular flexibility index (Phi) is 5.78. The Labute approximate surface area is 122 Å². The van der Waals surface area contributed by atoms with E-state index in [9.17, 15) is 8.42 Å². The number of ether oxygens (including phenoxy) is 2. The molecule has 0 spiro atoms. The smallest absolute Gasteiger partial charge is 0.264 e. The monoisotopic (exact) mass is 306 g/mol. The number of rotatable bonds is 6. The topological polar surface area (TPSA) is 61.8 Å². The molecule has 1 atom stereocenters. The molecule has 0 amide bonds. The summed E-state index contributed by atoms with van der Waals surface area (Å²) >= 11 is 0. The van der Waals surface area contributed by atoms with E-state index in [-0.39, 0.29) is 5.41 Å². The molecule has 0 aliphatic carbocycles. The minimum atomic E-state index is -3.56. The minimum absolute atomic E-state index is 0.0371. The molecule has 1 heterocycles. The van der Waals surface area contributed by atoms with Crippen molar-refractivity contribution in [3.8, 4) is 0 Å². The van der Waals surface area contributed by atoms with Gasteiger partial charge < -0.3 is 9.47 Å². The molecule has 0 aromatic heterocycles. The summed E-state index contributed by atoms with van der Waals surface area (Å²) in [6.07, 6.45) is 5.84. The molecular weight excluding hydrogens is 280 g/mol. The summed E-state index contributed by atoms with van der Waals surface area (Å²) in [5.41, 5.74) is -0.0371. The van der Waals surface area contributed by atoms with E-state index in [2.05, 4.69) is 13.8 Å². The second kappa shape index (κ2) is 6.56. The van der Waals surface area contributed by atoms with Gasteiger partial charge in [-0.3, -0.25) is 4.18 Å². The van der Waals surface area contributed by atoms with Crippen molar-refractivity contribution >= 4 is 10.1 Å². The van der Waals surface area contributed by atoms with E-state index in [0.717, 1.165) is 19.1 Å². The number of allylic oxidation sites excluding steroid dienone is 1. The first-order valence-corrected chi connectivity index (χ1v) is 8.78. The Hall–Kier alpha value is -0.430. The summed E-state index contributed by atoms with van der Waals surface area (Å²) in [5, 5.41) is 0. The third-order valence-electron chi connectivity index (χ3n) is 3.43. The molecule has 0 bridgehead atoms. The molecule has 20 heavy (non-hydrogen) atoms. The fourth-order valence-electron chi connectivity index (χ4n) is 2.43. The Morgan fingerprint density at radius 3 is 2.30 bits per heavy atom. The summed E-state index contributed by atoms with van der Waals surface area (Å²) in [6, 6.07) is 0. The lowest BCUT2D eigenvalue weighted by molar-refractivity contribution is -0.303. The van der Waals surface area contributed by atoms with Crippen LogP contribution in [0.15, 0.2) is 12.2 Å². The Bertz CT molecular complexity index is 432. The van der Waals surface area contributed by atoms with E-state index < -0.39 is 22.0 Å². The molecule has 6 heteroatoms. The lowest BCUT2D eigenvalue weighted by atomic mass is 9.86. The van der Waals surface area contributed by atoms with E-state index in [1.54, 1.807) is 19.1 Å². The van der Waals surface area contributed by atoms with Gasteiger partial charge in [0.2, 0.25) is 5.79 Å². The molecule has 0 radical (unpaired) electrons. The second-order valence-corrected chi connectivity index (χ2v) is 7.40. The Morgan fingerprint density at radius 2 is 1.90 bits per heavy atom. The summed E-state index contributed by atoms with van der Waals surface area (Å²) in [7, 11) is -3.56. The molecule has 0 saturated carbocycles. The third-order valence-corrected chi connectivity index (χ3v) is 4.07. The van der Waals surface area contributed by atoms with Crippen LogP contribution < -0.4 is 0 Å². The average Bonchev–Trinajstić information content (AvgIpc) is 2.31. The highest BCUT2D eigenvalue weighted by molar-refractivity contribution is 7.86. The van der Waals surface area contributed by atoms with Gasteiger partial charge in [-0.2, -0.15) is 8.42 Å². The van der Waals surface area contributed by atoms with Crippen LogP contribution in [-0.2, 0) is 23.8 Å². The summed E-state index contributed by atoms with van der Waals surface area (Å²) in [6.45, 7) is 8.74. The van der Waals surface area contributed by atoms with Gasteiger partial charge in [-0.1, -0.05) is 26.3 Å². The van der Waals surface area contributed by atoms with Crippen molar-refractivity contribution in [2.75, 3.05) is 19.5 Å². The van der Waals surface area contributed by atoms with E-state index in [4.69, 9.17) is 13.7 Å². The molecule has 1 fully saturated rings. The molecule has 0 aromatic carbocycles. The number of hydrogen-bond donors (Lipinski definition) is 0. The van der Waals surface area contributed by atoms with Crippen LogP contribution in [-0.4, -0.2) is 39.8 Å². The maximum absolute atomic E-state index is 11.3. The second-order valence-electron chi connectivity index (χ2n) is 5.80. The van der Waals surface area contributed by atoms with Gasteiger partial charge in [0.1, 0.15) is 6.10 Å². The maximum Gasteiger partial charge on any atom is 0.264 e. The first-order valence-electron chi connectivity index (χ1n) is 6.96. The molecule has 0 aromatic rings. The standard InChI is InChI=1S/C14H26O5S/c1-6-8-13(4)10-17-14(9-7-2,18-11-13)12(3)19-20(5,15)16/h7,9,12H,6,8,10-11H2,1-5H3/t12-,13?,14?/m0/s1. The number of hydrogen-bond acceptors (Lipinski definition) is 5. The van der Waals surface area contributed by atoms with E-state index in [0.29, 0.717) is 13.2 Å². The van der Waals surface area contributed by atoms with Crippen molar-refractivity contribution in [1.29, 1.82) is 0 Å². The zero-order valence-electron chi connectivity index (χ0n) is 13.0. The maximum atomic E-state index is 11.3. The highest BCUT2D eigenvalue weighted by atomic mass is 32.2. The predicted octanol–water partition coefficient (Wildman–Crippen LogP) is 2.48. The van der Waals surface area contributed by atoms with Crippen molar-refractivity contribution in [3.05, 3.63) is 12.2 Å². The first-order chi connectivity index (χ1) is 9.16. The van der Waals surface area contributed by atoms with Crippen LogP contribution in [0.25, 0.3) is 0 Å². The molecule has 1 rings (SSSR count). The summed E-state index contributed by atoms with van der Waals surface area (Å²) in [4.78, 5) is 0. The van der Waals surface area contributed by atoms with Gasteiger partial charge in [0.05, 0.1) is 19.5 Å². The molecule has 1 aliphatic heterocycles. The van der Waals surface area contributed by atoms with Gasteiger partial charge >= 0.3 is 0 Å². The lowest BCUT2D eigenvalue weighted by Gasteiger charge is -2.45. The molecule has 0 N–H and O–H groups in total. The normalized spacial score (nSPS) is 33.5. The van der Waals surface area contributed by atoms with Crippen molar-refractivity contribution in [3.63, 3.8) is 0 Å². The van der Waals surface area contributed by atoms with Crippen LogP contribution in [0.2, 0.25) is 0 Å². The molecule has 0 unspecified atom stereocenters. The average molecular weight is 306 g/mol. The van der Waals surface area contributed by atoms with Gasteiger partial charge in [0, 0.05) is 5.41 Å². The molecule has 1 saturated heterocycles. The highest BCUT2D eigenvalue weighted by Crippen LogP contribution is 2.37. The Balaban J connectivity index is 2.86. The molecule has 5 nitrogen and oxygen atoms in total. The zero-order chi connectivity index (χ0) is 15.4. The minimum Gasteiger partial charge on any atom is -0.344 e. The fourth-order valence-corrected chi connectivity index (χ4v) is 3.09. The van der Waals surface area contributed by atoms with E-state index >= 15 is 0 Å². The Morgan fingerprint density at radius 1 is 1.35 bits per heavy atom. The molecule has 1 aliphatic rings.